The highest BCUT2D eigenvalue weighted by molar-refractivity contribution is 5.83. The van der Waals surface area contributed by atoms with E-state index in [1.165, 1.54) is 0 Å². The van der Waals surface area contributed by atoms with Gasteiger partial charge in [-0.15, -0.1) is 0 Å². The summed E-state index contributed by atoms with van der Waals surface area (Å²) in [5.41, 5.74) is 3.65. The van der Waals surface area contributed by atoms with Crippen molar-refractivity contribution in [1.82, 2.24) is 9.97 Å². The first-order valence-electron chi connectivity index (χ1n) is 6.39. The van der Waals surface area contributed by atoms with Crippen molar-refractivity contribution in [3.63, 3.8) is 0 Å². The van der Waals surface area contributed by atoms with Crippen molar-refractivity contribution in [2.75, 3.05) is 0 Å². The van der Waals surface area contributed by atoms with E-state index >= 15 is 0 Å². The highest BCUT2D eigenvalue weighted by Gasteiger charge is 2.03. The zero-order chi connectivity index (χ0) is 13.6. The average Bonchev–Trinajstić information content (AvgIpc) is 2.55. The number of hydrogen-bond donors (Lipinski definition) is 0. The monoisotopic (exact) mass is 259 g/mol. The van der Waals surface area contributed by atoms with E-state index in [1.54, 1.807) is 18.6 Å². The average molecular weight is 259 g/mol. The maximum atomic E-state index is 4.53. The molecule has 3 aromatic rings. The lowest BCUT2D eigenvalue weighted by Crippen LogP contribution is -1.86. The van der Waals surface area contributed by atoms with Crippen molar-refractivity contribution in [1.29, 1.82) is 0 Å². The Bertz CT molecular complexity index is 707. The molecule has 3 nitrogen and oxygen atoms in total. The van der Waals surface area contributed by atoms with Gasteiger partial charge in [-0.05, 0) is 30.3 Å². The Morgan fingerprint density at radius 3 is 2.25 bits per heavy atom. The molecule has 0 atom stereocenters. The minimum atomic E-state index is 0.836. The molecule has 0 fully saturated rings. The van der Waals surface area contributed by atoms with Gasteiger partial charge in [0.2, 0.25) is 0 Å². The molecule has 1 aromatic carbocycles. The first kappa shape index (κ1) is 12.2. The molecule has 0 radical (unpaired) electrons. The first-order valence-corrected chi connectivity index (χ1v) is 6.39. The van der Waals surface area contributed by atoms with Crippen molar-refractivity contribution in [2.24, 2.45) is 4.99 Å². The molecule has 0 unspecified atom stereocenters. The number of benzene rings is 1. The van der Waals surface area contributed by atoms with E-state index in [-0.39, 0.29) is 0 Å². The van der Waals surface area contributed by atoms with Gasteiger partial charge in [0.15, 0.2) is 0 Å². The summed E-state index contributed by atoms with van der Waals surface area (Å²) in [6.07, 6.45) is 5.31. The van der Waals surface area contributed by atoms with Crippen LogP contribution >= 0.6 is 0 Å². The summed E-state index contributed by atoms with van der Waals surface area (Å²) in [7, 11) is 0. The highest BCUT2D eigenvalue weighted by atomic mass is 14.8. The molecule has 96 valence electrons. The summed E-state index contributed by atoms with van der Waals surface area (Å²) >= 11 is 0. The highest BCUT2D eigenvalue weighted by Crippen LogP contribution is 2.28. The molecular weight excluding hydrogens is 246 g/mol. The van der Waals surface area contributed by atoms with Crippen molar-refractivity contribution < 1.29 is 0 Å². The summed E-state index contributed by atoms with van der Waals surface area (Å²) < 4.78 is 0. The first-order chi connectivity index (χ1) is 9.93. The molecule has 0 aliphatic carbocycles. The van der Waals surface area contributed by atoms with Crippen LogP contribution < -0.4 is 0 Å². The molecule has 0 aliphatic rings. The minimum absolute atomic E-state index is 0.836. The fourth-order valence-corrected chi connectivity index (χ4v) is 1.91. The van der Waals surface area contributed by atoms with Crippen LogP contribution in [0.5, 0.6) is 0 Å². The maximum Gasteiger partial charge on any atom is 0.0812 e. The lowest BCUT2D eigenvalue weighted by molar-refractivity contribution is 1.30. The van der Waals surface area contributed by atoms with Crippen molar-refractivity contribution in [2.45, 2.75) is 0 Å². The van der Waals surface area contributed by atoms with Gasteiger partial charge in [0.1, 0.15) is 0 Å². The molecule has 3 heteroatoms. The number of aromatic nitrogens is 2. The Balaban J connectivity index is 1.97. The number of aliphatic imine (C=N–C) groups is 1. The Kier molecular flexibility index (Phi) is 3.60. The van der Waals surface area contributed by atoms with E-state index in [0.29, 0.717) is 0 Å². The fraction of sp³-hybridized carbons (Fsp3) is 0. The van der Waals surface area contributed by atoms with Gasteiger partial charge in [0, 0.05) is 18.0 Å². The van der Waals surface area contributed by atoms with Crippen LogP contribution in [0.2, 0.25) is 0 Å². The number of nitrogens with zero attached hydrogens (tertiary/aromatic N) is 3. The van der Waals surface area contributed by atoms with Crippen LogP contribution in [-0.2, 0) is 0 Å². The number of hydrogen-bond acceptors (Lipinski definition) is 3. The maximum absolute atomic E-state index is 4.53. The van der Waals surface area contributed by atoms with E-state index < -0.39 is 0 Å². The lowest BCUT2D eigenvalue weighted by Gasteiger charge is -2.04. The SMILES string of the molecule is C(=Nc1ccccc1-c1ccccn1)c1ccccn1. The fourth-order valence-electron chi connectivity index (χ4n) is 1.91. The van der Waals surface area contributed by atoms with Crippen LogP contribution in [0.1, 0.15) is 5.69 Å². The molecular formula is C17H13N3. The zero-order valence-electron chi connectivity index (χ0n) is 10.8. The van der Waals surface area contributed by atoms with Crippen molar-refractivity contribution in [3.8, 4) is 11.3 Å². The van der Waals surface area contributed by atoms with Crippen LogP contribution in [0.15, 0.2) is 78.0 Å². The van der Waals surface area contributed by atoms with E-state index in [2.05, 4.69) is 15.0 Å². The summed E-state index contributed by atoms with van der Waals surface area (Å²) in [4.78, 5) is 13.1. The summed E-state index contributed by atoms with van der Waals surface area (Å²) in [6.45, 7) is 0. The molecule has 0 aliphatic heterocycles. The van der Waals surface area contributed by atoms with Gasteiger partial charge in [-0.2, -0.15) is 0 Å². The van der Waals surface area contributed by atoms with Gasteiger partial charge in [-0.1, -0.05) is 30.3 Å². The molecule has 2 aromatic heterocycles. The predicted octanol–water partition coefficient (Wildman–Crippen LogP) is 3.89. The molecule has 3 rings (SSSR count). The van der Waals surface area contributed by atoms with Crippen LogP contribution in [0.25, 0.3) is 11.3 Å². The Labute approximate surface area is 117 Å². The van der Waals surface area contributed by atoms with E-state index in [9.17, 15) is 0 Å². The molecule has 0 N–H and O–H groups in total. The van der Waals surface area contributed by atoms with E-state index in [0.717, 1.165) is 22.6 Å². The van der Waals surface area contributed by atoms with Crippen molar-refractivity contribution in [3.05, 3.63) is 78.8 Å². The number of rotatable bonds is 3. The third kappa shape index (κ3) is 2.78. The second kappa shape index (κ2) is 5.89. The normalized spacial score (nSPS) is 10.8. The van der Waals surface area contributed by atoms with Gasteiger partial charge in [0.25, 0.3) is 0 Å². The largest absolute Gasteiger partial charge is 0.256 e. The van der Waals surface area contributed by atoms with Gasteiger partial charge < -0.3 is 0 Å². The number of para-hydroxylation sites is 1. The number of pyridine rings is 2. The third-order valence-corrected chi connectivity index (χ3v) is 2.87. The second-order valence-corrected chi connectivity index (χ2v) is 4.24. The Hall–Kier alpha value is -2.81. The smallest absolute Gasteiger partial charge is 0.0812 e. The van der Waals surface area contributed by atoms with Gasteiger partial charge >= 0.3 is 0 Å². The van der Waals surface area contributed by atoms with Crippen LogP contribution in [0.4, 0.5) is 5.69 Å². The third-order valence-electron chi connectivity index (χ3n) is 2.87. The van der Waals surface area contributed by atoms with Crippen LogP contribution in [0, 0.1) is 0 Å². The van der Waals surface area contributed by atoms with Gasteiger partial charge in [-0.3, -0.25) is 15.0 Å². The second-order valence-electron chi connectivity index (χ2n) is 4.24. The van der Waals surface area contributed by atoms with Crippen LogP contribution in [-0.4, -0.2) is 16.2 Å². The summed E-state index contributed by atoms with van der Waals surface area (Å²) in [5.74, 6) is 0. The molecule has 0 saturated heterocycles. The van der Waals surface area contributed by atoms with Crippen molar-refractivity contribution >= 4 is 11.9 Å². The standard InChI is InChI=1S/C17H13N3/c1-2-9-17(20-13-14-7-3-5-11-18-14)15(8-1)16-10-4-6-12-19-16/h1-13H. The molecule has 20 heavy (non-hydrogen) atoms. The Morgan fingerprint density at radius 1 is 0.750 bits per heavy atom. The van der Waals surface area contributed by atoms with E-state index in [1.807, 2.05) is 60.7 Å². The molecule has 0 spiro atoms. The van der Waals surface area contributed by atoms with Crippen LogP contribution in [0.3, 0.4) is 0 Å². The zero-order valence-corrected chi connectivity index (χ0v) is 10.8. The quantitative estimate of drug-likeness (QED) is 0.669. The van der Waals surface area contributed by atoms with Gasteiger partial charge in [0.05, 0.1) is 23.3 Å². The molecule has 2 heterocycles. The van der Waals surface area contributed by atoms with Gasteiger partial charge in [-0.25, -0.2) is 0 Å². The molecule has 0 bridgehead atoms. The Morgan fingerprint density at radius 2 is 1.50 bits per heavy atom. The predicted molar refractivity (Wildman–Crippen MR) is 81.2 cm³/mol. The molecule has 0 saturated carbocycles. The summed E-state index contributed by atoms with van der Waals surface area (Å²) in [6, 6.07) is 19.6. The molecule has 0 amide bonds. The summed E-state index contributed by atoms with van der Waals surface area (Å²) in [5, 5.41) is 0. The lowest BCUT2D eigenvalue weighted by atomic mass is 10.1. The minimum Gasteiger partial charge on any atom is -0.256 e. The van der Waals surface area contributed by atoms with E-state index in [4.69, 9.17) is 0 Å². The topological polar surface area (TPSA) is 38.1 Å².